The standard InChI is InChI=1S/C18H24N2O5/c1-3-20(10-18(23)24)15-8-14(9-15)19-17(22)11-25-16-6-4-5-13(7-16)12(2)21/h4-7,14-15H,3,8-11H2,1-2H3,(H,19,22)(H,23,24). The summed E-state index contributed by atoms with van der Waals surface area (Å²) in [5.41, 5.74) is 0.540. The summed E-state index contributed by atoms with van der Waals surface area (Å²) in [6.45, 7) is 3.99. The molecule has 1 aromatic carbocycles. The first-order valence-corrected chi connectivity index (χ1v) is 8.38. The van der Waals surface area contributed by atoms with Crippen molar-refractivity contribution in [3.05, 3.63) is 29.8 Å². The zero-order valence-corrected chi connectivity index (χ0v) is 14.5. The molecule has 0 aliphatic heterocycles. The molecule has 0 heterocycles. The lowest BCUT2D eigenvalue weighted by Gasteiger charge is -2.42. The molecule has 1 aromatic rings. The van der Waals surface area contributed by atoms with E-state index >= 15 is 0 Å². The van der Waals surface area contributed by atoms with Crippen LogP contribution in [0.1, 0.15) is 37.0 Å². The predicted molar refractivity (Wildman–Crippen MR) is 91.8 cm³/mol. The molecule has 136 valence electrons. The fourth-order valence-electron chi connectivity index (χ4n) is 2.90. The molecule has 1 aliphatic rings. The molecule has 0 spiro atoms. The summed E-state index contributed by atoms with van der Waals surface area (Å²) < 4.78 is 5.42. The zero-order valence-electron chi connectivity index (χ0n) is 14.5. The maximum absolute atomic E-state index is 12.0. The van der Waals surface area contributed by atoms with Crippen LogP contribution in [-0.4, -0.2) is 59.4 Å². The van der Waals surface area contributed by atoms with Crippen LogP contribution in [-0.2, 0) is 9.59 Å². The fourth-order valence-corrected chi connectivity index (χ4v) is 2.90. The number of carboxylic acid groups (broad SMARTS) is 1. The maximum Gasteiger partial charge on any atom is 0.317 e. The van der Waals surface area contributed by atoms with E-state index in [-0.39, 0.29) is 36.9 Å². The first kappa shape index (κ1) is 18.9. The summed E-state index contributed by atoms with van der Waals surface area (Å²) in [5, 5.41) is 11.8. The van der Waals surface area contributed by atoms with Crippen molar-refractivity contribution >= 4 is 17.7 Å². The molecule has 1 saturated carbocycles. The van der Waals surface area contributed by atoms with Crippen LogP contribution >= 0.6 is 0 Å². The Hall–Kier alpha value is -2.41. The van der Waals surface area contributed by atoms with Gasteiger partial charge in [-0.3, -0.25) is 19.3 Å². The van der Waals surface area contributed by atoms with Gasteiger partial charge >= 0.3 is 5.97 Å². The molecule has 0 radical (unpaired) electrons. The van der Waals surface area contributed by atoms with Crippen LogP contribution in [0.3, 0.4) is 0 Å². The first-order valence-electron chi connectivity index (χ1n) is 8.38. The van der Waals surface area contributed by atoms with Crippen LogP contribution in [0.5, 0.6) is 5.75 Å². The summed E-state index contributed by atoms with van der Waals surface area (Å²) in [6.07, 6.45) is 1.49. The Labute approximate surface area is 147 Å². The third kappa shape index (κ3) is 5.56. The van der Waals surface area contributed by atoms with E-state index in [4.69, 9.17) is 9.84 Å². The van der Waals surface area contributed by atoms with Gasteiger partial charge in [0, 0.05) is 17.6 Å². The highest BCUT2D eigenvalue weighted by atomic mass is 16.5. The number of carboxylic acids is 1. The third-order valence-corrected chi connectivity index (χ3v) is 4.35. The minimum atomic E-state index is -0.837. The highest BCUT2D eigenvalue weighted by Crippen LogP contribution is 2.25. The van der Waals surface area contributed by atoms with E-state index in [0.717, 1.165) is 12.8 Å². The Balaban J connectivity index is 1.72. The number of ether oxygens (including phenoxy) is 1. The van der Waals surface area contributed by atoms with E-state index < -0.39 is 5.97 Å². The second-order valence-electron chi connectivity index (χ2n) is 6.22. The molecule has 25 heavy (non-hydrogen) atoms. The van der Waals surface area contributed by atoms with Crippen LogP contribution in [0.2, 0.25) is 0 Å². The molecular weight excluding hydrogens is 324 g/mol. The van der Waals surface area contributed by atoms with Crippen molar-refractivity contribution in [2.45, 2.75) is 38.8 Å². The number of hydrogen-bond acceptors (Lipinski definition) is 5. The normalized spacial score (nSPS) is 19.2. The number of hydrogen-bond donors (Lipinski definition) is 2. The quantitative estimate of drug-likeness (QED) is 0.654. The number of aliphatic carboxylic acids is 1. The Bertz CT molecular complexity index is 640. The van der Waals surface area contributed by atoms with Crippen LogP contribution in [0, 0.1) is 0 Å². The minimum absolute atomic E-state index is 0.0252. The molecule has 1 aliphatic carbocycles. The Kier molecular flexibility index (Phi) is 6.52. The van der Waals surface area contributed by atoms with Crippen molar-refractivity contribution < 1.29 is 24.2 Å². The molecular formula is C18H24N2O5. The van der Waals surface area contributed by atoms with Gasteiger partial charge in [-0.2, -0.15) is 0 Å². The van der Waals surface area contributed by atoms with Gasteiger partial charge in [-0.05, 0) is 38.4 Å². The maximum atomic E-state index is 12.0. The smallest absolute Gasteiger partial charge is 0.317 e. The average molecular weight is 348 g/mol. The molecule has 2 N–H and O–H groups in total. The second-order valence-corrected chi connectivity index (χ2v) is 6.22. The van der Waals surface area contributed by atoms with Gasteiger partial charge in [0.05, 0.1) is 6.54 Å². The number of nitrogens with zero attached hydrogens (tertiary/aromatic N) is 1. The summed E-state index contributed by atoms with van der Waals surface area (Å²) in [7, 11) is 0. The summed E-state index contributed by atoms with van der Waals surface area (Å²) in [5.74, 6) is -0.640. The number of carbonyl (C=O) groups excluding carboxylic acids is 2. The number of carbonyl (C=O) groups is 3. The lowest BCUT2D eigenvalue weighted by molar-refractivity contribution is -0.139. The number of ketones is 1. The van der Waals surface area contributed by atoms with Crippen molar-refractivity contribution in [3.8, 4) is 5.75 Å². The zero-order chi connectivity index (χ0) is 18.4. The van der Waals surface area contributed by atoms with Crippen molar-refractivity contribution in [3.63, 3.8) is 0 Å². The largest absolute Gasteiger partial charge is 0.484 e. The van der Waals surface area contributed by atoms with Gasteiger partial charge in [-0.25, -0.2) is 0 Å². The first-order chi connectivity index (χ1) is 11.9. The number of nitrogens with one attached hydrogen (secondary N) is 1. The van der Waals surface area contributed by atoms with Gasteiger partial charge in [0.1, 0.15) is 5.75 Å². The highest BCUT2D eigenvalue weighted by Gasteiger charge is 2.34. The van der Waals surface area contributed by atoms with Crippen molar-refractivity contribution in [1.82, 2.24) is 10.2 Å². The van der Waals surface area contributed by atoms with E-state index in [1.165, 1.54) is 6.92 Å². The topological polar surface area (TPSA) is 95.9 Å². The molecule has 0 atom stereocenters. The third-order valence-electron chi connectivity index (χ3n) is 4.35. The Morgan fingerprint density at radius 2 is 2.04 bits per heavy atom. The Morgan fingerprint density at radius 3 is 2.64 bits per heavy atom. The lowest BCUT2D eigenvalue weighted by atomic mass is 9.85. The number of Topliss-reactive ketones (excluding diaryl/α,β-unsaturated/α-hetero) is 1. The molecule has 0 aromatic heterocycles. The van der Waals surface area contributed by atoms with E-state index in [1.807, 2.05) is 11.8 Å². The minimum Gasteiger partial charge on any atom is -0.484 e. The van der Waals surface area contributed by atoms with Crippen LogP contribution in [0.25, 0.3) is 0 Å². The fraction of sp³-hybridized carbons (Fsp3) is 0.500. The SMILES string of the molecule is CCN(CC(=O)O)C1CC(NC(=O)COc2cccc(C(C)=O)c2)C1. The van der Waals surface area contributed by atoms with E-state index in [9.17, 15) is 14.4 Å². The van der Waals surface area contributed by atoms with E-state index in [2.05, 4.69) is 5.32 Å². The second kappa shape index (κ2) is 8.62. The molecule has 7 nitrogen and oxygen atoms in total. The molecule has 1 fully saturated rings. The van der Waals surface area contributed by atoms with Gasteiger partial charge in [0.25, 0.3) is 5.91 Å². The number of likely N-dealkylation sites (N-methyl/N-ethyl adjacent to an activating group) is 1. The van der Waals surface area contributed by atoms with Crippen molar-refractivity contribution in [2.24, 2.45) is 0 Å². The van der Waals surface area contributed by atoms with Gasteiger partial charge in [0.2, 0.25) is 0 Å². The molecule has 1 amide bonds. The van der Waals surface area contributed by atoms with Gasteiger partial charge in [-0.1, -0.05) is 19.1 Å². The van der Waals surface area contributed by atoms with Gasteiger partial charge in [0.15, 0.2) is 12.4 Å². The predicted octanol–water partition coefficient (Wildman–Crippen LogP) is 1.32. The van der Waals surface area contributed by atoms with Gasteiger partial charge in [-0.15, -0.1) is 0 Å². The van der Waals surface area contributed by atoms with E-state index in [1.54, 1.807) is 24.3 Å². The average Bonchev–Trinajstić information content (AvgIpc) is 2.54. The molecule has 0 unspecified atom stereocenters. The molecule has 2 rings (SSSR count). The van der Waals surface area contributed by atoms with Crippen molar-refractivity contribution in [1.29, 1.82) is 0 Å². The Morgan fingerprint density at radius 1 is 1.32 bits per heavy atom. The van der Waals surface area contributed by atoms with Crippen molar-refractivity contribution in [2.75, 3.05) is 19.7 Å². The molecule has 7 heteroatoms. The van der Waals surface area contributed by atoms with Crippen LogP contribution < -0.4 is 10.1 Å². The summed E-state index contributed by atoms with van der Waals surface area (Å²) in [4.78, 5) is 36.0. The van der Waals surface area contributed by atoms with Crippen LogP contribution in [0.15, 0.2) is 24.3 Å². The number of rotatable bonds is 9. The monoisotopic (exact) mass is 348 g/mol. The van der Waals surface area contributed by atoms with Crippen LogP contribution in [0.4, 0.5) is 0 Å². The van der Waals surface area contributed by atoms with E-state index in [0.29, 0.717) is 17.9 Å². The number of benzene rings is 1. The highest BCUT2D eigenvalue weighted by molar-refractivity contribution is 5.94. The molecule has 0 saturated heterocycles. The summed E-state index contributed by atoms with van der Waals surface area (Å²) >= 11 is 0. The lowest BCUT2D eigenvalue weighted by Crippen LogP contribution is -2.55. The summed E-state index contributed by atoms with van der Waals surface area (Å²) in [6, 6.07) is 6.96. The molecule has 0 bridgehead atoms. The number of amides is 1. The van der Waals surface area contributed by atoms with Gasteiger partial charge < -0.3 is 15.2 Å².